The van der Waals surface area contributed by atoms with Crippen LogP contribution in [0.25, 0.3) is 0 Å². The molecule has 0 aromatic rings. The molecule has 86 valence electrons. The number of hydrogen-bond acceptors (Lipinski definition) is 4. The number of nitrogens with one attached hydrogen (secondary N) is 1. The Kier molecular flexibility index (Phi) is 6.76. The quantitative estimate of drug-likeness (QED) is 0.675. The Labute approximate surface area is 91.1 Å². The minimum absolute atomic E-state index is 0.0288. The van der Waals surface area contributed by atoms with Crippen molar-refractivity contribution >= 4 is 21.8 Å². The molecule has 0 amide bonds. The second-order valence-electron chi connectivity index (χ2n) is 3.27. The van der Waals surface area contributed by atoms with Crippen molar-refractivity contribution < 1.29 is 8.42 Å². The molecule has 3 N–H and O–H groups in total. The third-order valence-electron chi connectivity index (χ3n) is 1.80. The summed E-state index contributed by atoms with van der Waals surface area (Å²) in [6, 6.07) is -0.0288. The van der Waals surface area contributed by atoms with Gasteiger partial charge in [-0.15, -0.1) is 0 Å². The molecule has 2 atom stereocenters. The fourth-order valence-corrected chi connectivity index (χ4v) is 2.76. The van der Waals surface area contributed by atoms with Gasteiger partial charge in [0.15, 0.2) is 0 Å². The van der Waals surface area contributed by atoms with Gasteiger partial charge in [-0.3, -0.25) is 0 Å². The summed E-state index contributed by atoms with van der Waals surface area (Å²) in [5.74, 6) is 1.80. The lowest BCUT2D eigenvalue weighted by Gasteiger charge is -2.16. The summed E-state index contributed by atoms with van der Waals surface area (Å²) >= 11 is 1.72. The summed E-state index contributed by atoms with van der Waals surface area (Å²) in [5.41, 5.74) is 5.31. The van der Waals surface area contributed by atoms with Crippen molar-refractivity contribution in [2.24, 2.45) is 5.73 Å². The van der Waals surface area contributed by atoms with Gasteiger partial charge in [0.1, 0.15) is 0 Å². The predicted molar refractivity (Wildman–Crippen MR) is 63.0 cm³/mol. The van der Waals surface area contributed by atoms with Crippen LogP contribution in [0.2, 0.25) is 0 Å². The number of nitrogens with two attached hydrogens (primary N) is 1. The fourth-order valence-electron chi connectivity index (χ4n) is 0.852. The summed E-state index contributed by atoms with van der Waals surface area (Å²) in [5, 5.41) is -0.517. The van der Waals surface area contributed by atoms with Crippen molar-refractivity contribution in [1.29, 1.82) is 0 Å². The molecule has 0 aromatic carbocycles. The van der Waals surface area contributed by atoms with Gasteiger partial charge in [0.2, 0.25) is 10.0 Å². The maximum absolute atomic E-state index is 11.5. The summed E-state index contributed by atoms with van der Waals surface area (Å²) in [7, 11) is -3.23. The fraction of sp³-hybridized carbons (Fsp3) is 1.00. The smallest absolute Gasteiger partial charge is 0.215 e. The van der Waals surface area contributed by atoms with Gasteiger partial charge in [-0.25, -0.2) is 13.1 Å². The van der Waals surface area contributed by atoms with Crippen LogP contribution in [-0.2, 0) is 10.0 Å². The van der Waals surface area contributed by atoms with E-state index in [1.807, 2.05) is 13.8 Å². The van der Waals surface area contributed by atoms with Crippen molar-refractivity contribution in [3.8, 4) is 0 Å². The molecule has 0 aliphatic heterocycles. The second kappa shape index (κ2) is 6.66. The molecule has 4 nitrogen and oxygen atoms in total. The molecule has 14 heavy (non-hydrogen) atoms. The van der Waals surface area contributed by atoms with E-state index in [1.165, 1.54) is 0 Å². The maximum atomic E-state index is 11.5. The zero-order valence-electron chi connectivity index (χ0n) is 8.99. The van der Waals surface area contributed by atoms with Crippen LogP contribution in [0, 0.1) is 0 Å². The van der Waals surface area contributed by atoms with Crippen molar-refractivity contribution in [1.82, 2.24) is 4.72 Å². The van der Waals surface area contributed by atoms with E-state index in [0.717, 1.165) is 11.5 Å². The zero-order chi connectivity index (χ0) is 11.2. The zero-order valence-corrected chi connectivity index (χ0v) is 10.6. The molecule has 0 radical (unpaired) electrons. The Balaban J connectivity index is 4.09. The first-order chi connectivity index (χ1) is 6.44. The minimum Gasteiger partial charge on any atom is -0.329 e. The van der Waals surface area contributed by atoms with E-state index in [-0.39, 0.29) is 12.6 Å². The number of thioether (sulfide) groups is 1. The first-order valence-electron chi connectivity index (χ1n) is 4.73. The Bertz CT molecular complexity index is 242. The summed E-state index contributed by atoms with van der Waals surface area (Å²) in [6.45, 7) is 5.68. The van der Waals surface area contributed by atoms with Gasteiger partial charge >= 0.3 is 0 Å². The molecule has 0 saturated carbocycles. The van der Waals surface area contributed by atoms with E-state index in [1.54, 1.807) is 18.7 Å². The predicted octanol–water partition coefficient (Wildman–Crippen LogP) is 0.395. The van der Waals surface area contributed by atoms with Gasteiger partial charge in [0.05, 0.1) is 5.25 Å². The van der Waals surface area contributed by atoms with Gasteiger partial charge in [0.25, 0.3) is 0 Å². The first-order valence-corrected chi connectivity index (χ1v) is 7.43. The summed E-state index contributed by atoms with van der Waals surface area (Å²) < 4.78 is 25.7. The third kappa shape index (κ3) is 5.19. The highest BCUT2D eigenvalue weighted by Crippen LogP contribution is 2.04. The lowest BCUT2D eigenvalue weighted by atomic mass is 10.4. The maximum Gasteiger partial charge on any atom is 0.215 e. The van der Waals surface area contributed by atoms with E-state index in [2.05, 4.69) is 4.72 Å². The van der Waals surface area contributed by atoms with Gasteiger partial charge in [-0.1, -0.05) is 6.92 Å². The molecule has 0 saturated heterocycles. The molecule has 0 rings (SSSR count). The molecule has 0 bridgehead atoms. The van der Waals surface area contributed by atoms with Gasteiger partial charge in [-0.2, -0.15) is 11.8 Å². The van der Waals surface area contributed by atoms with E-state index < -0.39 is 15.3 Å². The normalized spacial score (nSPS) is 16.6. The van der Waals surface area contributed by atoms with Crippen LogP contribution in [0.5, 0.6) is 0 Å². The summed E-state index contributed by atoms with van der Waals surface area (Å²) in [6.07, 6.45) is 0. The lowest BCUT2D eigenvalue weighted by Crippen LogP contribution is -2.42. The topological polar surface area (TPSA) is 72.2 Å². The van der Waals surface area contributed by atoms with Crippen LogP contribution >= 0.6 is 11.8 Å². The Morgan fingerprint density at radius 3 is 2.43 bits per heavy atom. The summed E-state index contributed by atoms with van der Waals surface area (Å²) in [4.78, 5) is 0. The van der Waals surface area contributed by atoms with E-state index >= 15 is 0 Å². The number of rotatable bonds is 7. The second-order valence-corrected chi connectivity index (χ2v) is 6.72. The van der Waals surface area contributed by atoms with Gasteiger partial charge in [0, 0.05) is 18.3 Å². The highest BCUT2D eigenvalue weighted by atomic mass is 32.2. The monoisotopic (exact) mass is 240 g/mol. The number of hydrogen-bond donors (Lipinski definition) is 2. The van der Waals surface area contributed by atoms with Crippen molar-refractivity contribution in [2.45, 2.75) is 32.1 Å². The molecule has 0 aliphatic rings. The molecular formula is C8H20N2O2S2. The molecule has 0 aromatic heterocycles. The molecule has 0 fully saturated rings. The molecule has 0 heterocycles. The number of sulfonamides is 1. The molecule has 2 unspecified atom stereocenters. The Hall–Kier alpha value is 0.220. The molecule has 0 aliphatic carbocycles. The SMILES string of the molecule is CCSCC(C)NS(=O)(=O)C(C)CN. The van der Waals surface area contributed by atoms with Crippen LogP contribution in [0.3, 0.4) is 0 Å². The van der Waals surface area contributed by atoms with Crippen LogP contribution in [0.1, 0.15) is 20.8 Å². The third-order valence-corrected chi connectivity index (χ3v) is 4.93. The highest BCUT2D eigenvalue weighted by molar-refractivity contribution is 7.99. The van der Waals surface area contributed by atoms with Crippen molar-refractivity contribution in [2.75, 3.05) is 18.1 Å². The van der Waals surface area contributed by atoms with Crippen LogP contribution < -0.4 is 10.5 Å². The van der Waals surface area contributed by atoms with Gasteiger partial charge in [-0.05, 0) is 19.6 Å². The average molecular weight is 240 g/mol. The van der Waals surface area contributed by atoms with Crippen molar-refractivity contribution in [3.05, 3.63) is 0 Å². The van der Waals surface area contributed by atoms with Crippen LogP contribution in [-0.4, -0.2) is 37.8 Å². The average Bonchev–Trinajstić information content (AvgIpc) is 2.12. The molecule has 0 spiro atoms. The Morgan fingerprint density at radius 2 is 2.00 bits per heavy atom. The largest absolute Gasteiger partial charge is 0.329 e. The van der Waals surface area contributed by atoms with E-state index in [9.17, 15) is 8.42 Å². The van der Waals surface area contributed by atoms with Crippen LogP contribution in [0.4, 0.5) is 0 Å². The standard InChI is InChI=1S/C8H20N2O2S2/c1-4-13-6-7(2)10-14(11,12)8(3)5-9/h7-8,10H,4-6,9H2,1-3H3. The van der Waals surface area contributed by atoms with E-state index in [4.69, 9.17) is 5.73 Å². The van der Waals surface area contributed by atoms with Crippen LogP contribution in [0.15, 0.2) is 0 Å². The molecule has 6 heteroatoms. The van der Waals surface area contributed by atoms with Crippen molar-refractivity contribution in [3.63, 3.8) is 0 Å². The minimum atomic E-state index is -3.23. The highest BCUT2D eigenvalue weighted by Gasteiger charge is 2.20. The van der Waals surface area contributed by atoms with Gasteiger partial charge < -0.3 is 5.73 Å². The molecular weight excluding hydrogens is 220 g/mol. The lowest BCUT2D eigenvalue weighted by molar-refractivity contribution is 0.559. The van der Waals surface area contributed by atoms with E-state index in [0.29, 0.717) is 0 Å². The Morgan fingerprint density at radius 1 is 1.43 bits per heavy atom. The first kappa shape index (κ1) is 14.2.